The van der Waals surface area contributed by atoms with E-state index < -0.39 is 0 Å². The van der Waals surface area contributed by atoms with E-state index in [-0.39, 0.29) is 11.7 Å². The Labute approximate surface area is 120 Å². The van der Waals surface area contributed by atoms with Crippen molar-refractivity contribution in [2.75, 3.05) is 26.2 Å². The second-order valence-electron chi connectivity index (χ2n) is 4.34. The molecule has 1 amide bonds. The van der Waals surface area contributed by atoms with Crippen molar-refractivity contribution >= 4 is 34.3 Å². The normalized spacial score (nSPS) is 17.1. The topological polar surface area (TPSA) is 49.4 Å². The Kier molecular flexibility index (Phi) is 4.71. The number of benzene rings is 1. The van der Waals surface area contributed by atoms with Crippen LogP contribution in [0.1, 0.15) is 16.8 Å². The summed E-state index contributed by atoms with van der Waals surface area (Å²) in [7, 11) is 0. The molecule has 4 nitrogen and oxygen atoms in total. The van der Waals surface area contributed by atoms with Gasteiger partial charge in [-0.15, -0.1) is 0 Å². The van der Waals surface area contributed by atoms with Gasteiger partial charge in [-0.2, -0.15) is 0 Å². The van der Waals surface area contributed by atoms with E-state index in [0.29, 0.717) is 25.2 Å². The lowest BCUT2D eigenvalue weighted by atomic mass is 10.1. The molecule has 1 aliphatic rings. The van der Waals surface area contributed by atoms with Gasteiger partial charge in [-0.1, -0.05) is 12.1 Å². The third-order valence-electron chi connectivity index (χ3n) is 2.87. The maximum absolute atomic E-state index is 12.1. The zero-order valence-electron chi connectivity index (χ0n) is 9.99. The van der Waals surface area contributed by atoms with E-state index in [0.717, 1.165) is 16.5 Å². The minimum atomic E-state index is 0.00269. The van der Waals surface area contributed by atoms with Gasteiger partial charge in [-0.25, -0.2) is 0 Å². The van der Waals surface area contributed by atoms with Crippen molar-refractivity contribution in [2.24, 2.45) is 0 Å². The molecule has 1 heterocycles. The third-order valence-corrected chi connectivity index (χ3v) is 3.59. The molecule has 0 saturated carbocycles. The van der Waals surface area contributed by atoms with E-state index in [1.54, 1.807) is 0 Å². The van der Waals surface area contributed by atoms with Crippen LogP contribution in [0.5, 0.6) is 0 Å². The summed E-state index contributed by atoms with van der Waals surface area (Å²) < 4.78 is 1.11. The predicted octanol–water partition coefficient (Wildman–Crippen LogP) is 1.30. The Morgan fingerprint density at radius 1 is 1.33 bits per heavy atom. The first-order valence-corrected chi connectivity index (χ1v) is 7.01. The molecule has 0 spiro atoms. The Bertz CT molecular complexity index is 445. The van der Waals surface area contributed by atoms with Crippen LogP contribution in [-0.2, 0) is 4.79 Å². The average molecular weight is 358 g/mol. The Balaban J connectivity index is 1.97. The van der Waals surface area contributed by atoms with Crippen LogP contribution in [0.25, 0.3) is 0 Å². The lowest BCUT2D eigenvalue weighted by Gasteiger charge is -2.17. The molecule has 96 valence electrons. The smallest absolute Gasteiger partial charge is 0.234 e. The molecule has 1 aromatic rings. The van der Waals surface area contributed by atoms with E-state index in [2.05, 4.69) is 27.9 Å². The first-order chi connectivity index (χ1) is 8.65. The average Bonchev–Trinajstić information content (AvgIpc) is 2.54. The second-order valence-corrected chi connectivity index (χ2v) is 5.59. The highest BCUT2D eigenvalue weighted by Gasteiger charge is 2.17. The zero-order valence-corrected chi connectivity index (χ0v) is 12.1. The summed E-state index contributed by atoms with van der Waals surface area (Å²) in [5.41, 5.74) is 0.708. The van der Waals surface area contributed by atoms with E-state index >= 15 is 0 Å². The lowest BCUT2D eigenvalue weighted by Crippen LogP contribution is -2.36. The largest absolute Gasteiger partial charge is 0.355 e. The second kappa shape index (κ2) is 6.29. The van der Waals surface area contributed by atoms with Crippen molar-refractivity contribution < 1.29 is 9.59 Å². The zero-order chi connectivity index (χ0) is 13.0. The van der Waals surface area contributed by atoms with Gasteiger partial charge < -0.3 is 5.32 Å². The standard InChI is InChI=1S/C13H15IN2O2/c14-11-4-2-10(3-5-11)12(17)8-16-7-1-6-15-13(18)9-16/h2-5H,1,6-9H2,(H,15,18). The maximum atomic E-state index is 12.1. The highest BCUT2D eigenvalue weighted by molar-refractivity contribution is 14.1. The maximum Gasteiger partial charge on any atom is 0.234 e. The summed E-state index contributed by atoms with van der Waals surface area (Å²) in [5, 5.41) is 2.80. The molecular formula is C13H15IN2O2. The number of carbonyl (C=O) groups excluding carboxylic acids is 2. The number of halogens is 1. The number of ketones is 1. The highest BCUT2D eigenvalue weighted by Crippen LogP contribution is 2.08. The number of rotatable bonds is 3. The molecule has 0 aromatic heterocycles. The van der Waals surface area contributed by atoms with Gasteiger partial charge in [0.2, 0.25) is 5.91 Å². The number of nitrogens with one attached hydrogen (secondary N) is 1. The quantitative estimate of drug-likeness (QED) is 0.655. The summed E-state index contributed by atoms with van der Waals surface area (Å²) in [6.45, 7) is 2.12. The van der Waals surface area contributed by atoms with Crippen molar-refractivity contribution in [3.63, 3.8) is 0 Å². The van der Waals surface area contributed by atoms with Gasteiger partial charge in [-0.05, 0) is 41.1 Å². The summed E-state index contributed by atoms with van der Waals surface area (Å²) in [5.74, 6) is 0.0732. The van der Waals surface area contributed by atoms with Crippen LogP contribution >= 0.6 is 22.6 Å². The summed E-state index contributed by atoms with van der Waals surface area (Å²) in [4.78, 5) is 25.4. The van der Waals surface area contributed by atoms with Gasteiger partial charge in [0, 0.05) is 22.2 Å². The van der Waals surface area contributed by atoms with Crippen molar-refractivity contribution in [1.29, 1.82) is 0 Å². The Morgan fingerprint density at radius 2 is 2.06 bits per heavy atom. The number of Topliss-reactive ketones (excluding diaryl/α,β-unsaturated/α-hetero) is 1. The van der Waals surface area contributed by atoms with Crippen molar-refractivity contribution in [1.82, 2.24) is 10.2 Å². The summed E-state index contributed by atoms with van der Waals surface area (Å²) >= 11 is 2.21. The molecule has 1 aromatic carbocycles. The van der Waals surface area contributed by atoms with Crippen LogP contribution in [0.3, 0.4) is 0 Å². The van der Waals surface area contributed by atoms with E-state index in [4.69, 9.17) is 0 Å². The van der Waals surface area contributed by atoms with Crippen LogP contribution < -0.4 is 5.32 Å². The molecule has 2 rings (SSSR count). The molecule has 0 atom stereocenters. The number of nitrogens with zero attached hydrogens (tertiary/aromatic N) is 1. The molecule has 1 saturated heterocycles. The fraction of sp³-hybridized carbons (Fsp3) is 0.385. The number of amides is 1. The predicted molar refractivity (Wildman–Crippen MR) is 77.6 cm³/mol. The van der Waals surface area contributed by atoms with Crippen molar-refractivity contribution in [3.8, 4) is 0 Å². The SMILES string of the molecule is O=C1CN(CC(=O)c2ccc(I)cc2)CCCN1. The van der Waals surface area contributed by atoms with Gasteiger partial charge >= 0.3 is 0 Å². The van der Waals surface area contributed by atoms with Crippen LogP contribution in [0.2, 0.25) is 0 Å². The summed E-state index contributed by atoms with van der Waals surface area (Å²) in [6, 6.07) is 7.51. The van der Waals surface area contributed by atoms with Crippen LogP contribution in [0.4, 0.5) is 0 Å². The minimum Gasteiger partial charge on any atom is -0.355 e. The van der Waals surface area contributed by atoms with Gasteiger partial charge in [0.25, 0.3) is 0 Å². The Morgan fingerprint density at radius 3 is 2.78 bits per heavy atom. The number of hydrogen-bond acceptors (Lipinski definition) is 3. The molecule has 0 unspecified atom stereocenters. The van der Waals surface area contributed by atoms with Crippen molar-refractivity contribution in [2.45, 2.75) is 6.42 Å². The molecule has 0 bridgehead atoms. The summed E-state index contributed by atoms with van der Waals surface area (Å²) in [6.07, 6.45) is 0.895. The fourth-order valence-corrected chi connectivity index (χ4v) is 2.29. The van der Waals surface area contributed by atoms with Gasteiger partial charge in [0.05, 0.1) is 13.1 Å². The molecule has 1 N–H and O–H groups in total. The first kappa shape index (κ1) is 13.5. The van der Waals surface area contributed by atoms with E-state index in [9.17, 15) is 9.59 Å². The first-order valence-electron chi connectivity index (χ1n) is 5.93. The van der Waals surface area contributed by atoms with Gasteiger partial charge in [0.15, 0.2) is 5.78 Å². The van der Waals surface area contributed by atoms with Crippen LogP contribution in [-0.4, -0.2) is 42.8 Å². The monoisotopic (exact) mass is 358 g/mol. The lowest BCUT2D eigenvalue weighted by molar-refractivity contribution is -0.121. The molecule has 0 aliphatic carbocycles. The number of hydrogen-bond donors (Lipinski definition) is 1. The molecule has 1 aliphatic heterocycles. The van der Waals surface area contributed by atoms with Crippen LogP contribution in [0, 0.1) is 3.57 Å². The molecule has 5 heteroatoms. The number of carbonyl (C=O) groups is 2. The molecule has 0 radical (unpaired) electrons. The fourth-order valence-electron chi connectivity index (χ4n) is 1.93. The van der Waals surface area contributed by atoms with E-state index in [1.807, 2.05) is 29.2 Å². The third kappa shape index (κ3) is 3.78. The molecule has 18 heavy (non-hydrogen) atoms. The van der Waals surface area contributed by atoms with Gasteiger partial charge in [-0.3, -0.25) is 14.5 Å². The highest BCUT2D eigenvalue weighted by atomic mass is 127. The molecule has 1 fully saturated rings. The minimum absolute atomic E-state index is 0.00269. The Hall–Kier alpha value is -0.950. The van der Waals surface area contributed by atoms with Gasteiger partial charge in [0.1, 0.15) is 0 Å². The molecular weight excluding hydrogens is 343 g/mol. The van der Waals surface area contributed by atoms with Crippen molar-refractivity contribution in [3.05, 3.63) is 33.4 Å². The van der Waals surface area contributed by atoms with E-state index in [1.165, 1.54) is 0 Å². The van der Waals surface area contributed by atoms with Crippen LogP contribution in [0.15, 0.2) is 24.3 Å².